The van der Waals surface area contributed by atoms with E-state index in [9.17, 15) is 8.78 Å². The molecule has 0 aromatic heterocycles. The molecule has 9 heteroatoms. The van der Waals surface area contributed by atoms with E-state index in [-0.39, 0.29) is 29.7 Å². The number of halogens is 3. The molecule has 2 rings (SSSR count). The van der Waals surface area contributed by atoms with Crippen LogP contribution in [0.25, 0.3) is 0 Å². The molecule has 0 spiro atoms. The average Bonchev–Trinajstić information content (AvgIpc) is 2.71. The van der Waals surface area contributed by atoms with Crippen molar-refractivity contribution in [1.29, 1.82) is 0 Å². The summed E-state index contributed by atoms with van der Waals surface area (Å²) < 4.78 is 40.5. The third kappa shape index (κ3) is 7.85. The quantitative estimate of drug-likeness (QED) is 0.282. The van der Waals surface area contributed by atoms with Gasteiger partial charge in [0.1, 0.15) is 5.75 Å². The van der Waals surface area contributed by atoms with Crippen molar-refractivity contribution in [3.63, 3.8) is 0 Å². The molecule has 0 heterocycles. The van der Waals surface area contributed by atoms with Crippen LogP contribution in [0.5, 0.6) is 17.2 Å². The lowest BCUT2D eigenvalue weighted by Gasteiger charge is -2.15. The van der Waals surface area contributed by atoms with Crippen LogP contribution in [0.1, 0.15) is 23.6 Å². The molecule has 0 unspecified atom stereocenters. The van der Waals surface area contributed by atoms with Crippen molar-refractivity contribution in [3.8, 4) is 17.2 Å². The van der Waals surface area contributed by atoms with E-state index in [0.29, 0.717) is 42.7 Å². The number of nitrogens with one attached hydrogen (secondary N) is 2. The molecule has 0 aliphatic carbocycles. The minimum atomic E-state index is -2.87. The highest BCUT2D eigenvalue weighted by Gasteiger charge is 2.11. The molecule has 2 N–H and O–H groups in total. The maximum absolute atomic E-state index is 12.6. The van der Waals surface area contributed by atoms with Crippen molar-refractivity contribution in [2.24, 2.45) is 4.99 Å². The Morgan fingerprint density at radius 2 is 1.70 bits per heavy atom. The first-order valence-electron chi connectivity index (χ1n) is 9.24. The topological polar surface area (TPSA) is 64.1 Å². The van der Waals surface area contributed by atoms with Crippen LogP contribution in [0.4, 0.5) is 8.78 Å². The van der Waals surface area contributed by atoms with Gasteiger partial charge in [-0.2, -0.15) is 8.78 Å². The van der Waals surface area contributed by atoms with Crippen molar-refractivity contribution in [2.45, 2.75) is 33.5 Å². The second kappa shape index (κ2) is 13.1. The molecule has 2 aromatic carbocycles. The number of aliphatic imine (C=N–C) groups is 1. The van der Waals surface area contributed by atoms with E-state index in [1.54, 1.807) is 26.4 Å². The van der Waals surface area contributed by atoms with Gasteiger partial charge in [-0.15, -0.1) is 24.0 Å². The molecule has 0 aliphatic heterocycles. The molecule has 166 valence electrons. The monoisotopic (exact) mass is 535 g/mol. The highest BCUT2D eigenvalue weighted by Crippen LogP contribution is 2.27. The molecule has 2 aromatic rings. The first-order chi connectivity index (χ1) is 14.0. The Bertz CT molecular complexity index is 835. The Hall–Kier alpha value is -2.30. The summed E-state index contributed by atoms with van der Waals surface area (Å²) in [5, 5.41) is 6.30. The summed E-state index contributed by atoms with van der Waals surface area (Å²) in [5.74, 6) is 1.99. The van der Waals surface area contributed by atoms with Gasteiger partial charge in [0.2, 0.25) is 0 Å². The summed E-state index contributed by atoms with van der Waals surface area (Å²) in [6, 6.07) is 10.7. The van der Waals surface area contributed by atoms with Crippen molar-refractivity contribution in [3.05, 3.63) is 53.1 Å². The van der Waals surface area contributed by atoms with Crippen molar-refractivity contribution < 1.29 is 23.0 Å². The number of benzene rings is 2. The molecule has 0 aliphatic rings. The van der Waals surface area contributed by atoms with Crippen LogP contribution in [0.2, 0.25) is 0 Å². The molecule has 0 atom stereocenters. The first-order valence-corrected chi connectivity index (χ1v) is 9.24. The number of methoxy groups -OCH3 is 2. The molecule has 0 bridgehead atoms. The second-order valence-electron chi connectivity index (χ2n) is 6.23. The van der Waals surface area contributed by atoms with Gasteiger partial charge in [-0.25, -0.2) is 4.99 Å². The Kier molecular flexibility index (Phi) is 11.2. The standard InChI is InChI=1S/C21H27F2N3O3.HI/c1-5-24-21(25-12-15-7-9-18(27-3)19(11-15)28-4)26-13-16-10-14(2)6-8-17(16)29-20(22)23;/h6-11,20H,5,12-13H2,1-4H3,(H2,24,25,26);1H. The lowest BCUT2D eigenvalue weighted by Crippen LogP contribution is -2.36. The number of hydrogen-bond acceptors (Lipinski definition) is 4. The van der Waals surface area contributed by atoms with Gasteiger partial charge in [-0.1, -0.05) is 23.8 Å². The minimum absolute atomic E-state index is 0. The van der Waals surface area contributed by atoms with Crippen molar-refractivity contribution in [2.75, 3.05) is 20.8 Å². The highest BCUT2D eigenvalue weighted by atomic mass is 127. The van der Waals surface area contributed by atoms with Crippen molar-refractivity contribution in [1.82, 2.24) is 10.6 Å². The summed E-state index contributed by atoms with van der Waals surface area (Å²) >= 11 is 0. The zero-order chi connectivity index (χ0) is 21.2. The predicted molar refractivity (Wildman–Crippen MR) is 124 cm³/mol. The average molecular weight is 535 g/mol. The molecule has 0 amide bonds. The van der Waals surface area contributed by atoms with E-state index in [1.807, 2.05) is 38.1 Å². The number of hydrogen-bond donors (Lipinski definition) is 2. The lowest BCUT2D eigenvalue weighted by molar-refractivity contribution is -0.0504. The number of ether oxygens (including phenoxy) is 3. The van der Waals surface area contributed by atoms with E-state index in [4.69, 9.17) is 9.47 Å². The fraction of sp³-hybridized carbons (Fsp3) is 0.381. The van der Waals surface area contributed by atoms with Gasteiger partial charge in [0.15, 0.2) is 17.5 Å². The van der Waals surface area contributed by atoms with Crippen molar-refractivity contribution >= 4 is 29.9 Å². The number of alkyl halides is 2. The number of guanidine groups is 1. The van der Waals surface area contributed by atoms with Crippen LogP contribution in [0.15, 0.2) is 41.4 Å². The van der Waals surface area contributed by atoms with Gasteiger partial charge in [0, 0.05) is 18.7 Å². The van der Waals surface area contributed by atoms with Gasteiger partial charge in [0.05, 0.1) is 20.8 Å². The first kappa shape index (κ1) is 25.7. The minimum Gasteiger partial charge on any atom is -0.493 e. The van der Waals surface area contributed by atoms with E-state index >= 15 is 0 Å². The van der Waals surface area contributed by atoms with Gasteiger partial charge in [0.25, 0.3) is 0 Å². The molecule has 0 saturated heterocycles. The third-order valence-electron chi connectivity index (χ3n) is 4.09. The number of rotatable bonds is 9. The molecule has 0 saturated carbocycles. The molecule has 0 fully saturated rings. The SMILES string of the molecule is CCNC(=NCc1ccc(OC)c(OC)c1)NCc1cc(C)ccc1OC(F)F.I. The molecule has 30 heavy (non-hydrogen) atoms. The summed E-state index contributed by atoms with van der Waals surface area (Å²) in [6.45, 7) is 2.33. The number of aryl methyl sites for hydroxylation is 1. The zero-order valence-electron chi connectivity index (χ0n) is 17.5. The van der Waals surface area contributed by atoms with Crippen LogP contribution in [-0.4, -0.2) is 33.3 Å². The Balaban J connectivity index is 0.00000450. The van der Waals surface area contributed by atoms with Crippen LogP contribution < -0.4 is 24.8 Å². The summed E-state index contributed by atoms with van der Waals surface area (Å²) in [5.41, 5.74) is 2.52. The summed E-state index contributed by atoms with van der Waals surface area (Å²) in [7, 11) is 3.16. The Labute approximate surface area is 193 Å². The van der Waals surface area contributed by atoms with Gasteiger partial charge in [-0.3, -0.25) is 0 Å². The molecule has 0 radical (unpaired) electrons. The maximum Gasteiger partial charge on any atom is 0.387 e. The second-order valence-corrected chi connectivity index (χ2v) is 6.23. The largest absolute Gasteiger partial charge is 0.493 e. The van der Waals surface area contributed by atoms with Gasteiger partial charge >= 0.3 is 6.61 Å². The molecular weight excluding hydrogens is 507 g/mol. The summed E-state index contributed by atoms with van der Waals surface area (Å²) in [4.78, 5) is 4.55. The Morgan fingerprint density at radius 3 is 2.33 bits per heavy atom. The fourth-order valence-electron chi connectivity index (χ4n) is 2.73. The smallest absolute Gasteiger partial charge is 0.387 e. The summed E-state index contributed by atoms with van der Waals surface area (Å²) in [6.07, 6.45) is 0. The van der Waals surface area contributed by atoms with E-state index in [1.165, 1.54) is 0 Å². The highest BCUT2D eigenvalue weighted by molar-refractivity contribution is 14.0. The predicted octanol–water partition coefficient (Wildman–Crippen LogP) is 4.49. The van der Waals surface area contributed by atoms with E-state index in [0.717, 1.165) is 11.1 Å². The van der Waals surface area contributed by atoms with Crippen LogP contribution in [-0.2, 0) is 13.1 Å². The molecule has 6 nitrogen and oxygen atoms in total. The lowest BCUT2D eigenvalue weighted by atomic mass is 10.1. The normalized spacial score (nSPS) is 11.0. The maximum atomic E-state index is 12.6. The van der Waals surface area contributed by atoms with Gasteiger partial charge < -0.3 is 24.8 Å². The molecular formula is C21H28F2IN3O3. The Morgan fingerprint density at radius 1 is 1.00 bits per heavy atom. The zero-order valence-corrected chi connectivity index (χ0v) is 19.8. The third-order valence-corrected chi connectivity index (χ3v) is 4.09. The number of nitrogens with zero attached hydrogens (tertiary/aromatic N) is 1. The van der Waals surface area contributed by atoms with Crippen LogP contribution in [0, 0.1) is 6.92 Å². The van der Waals surface area contributed by atoms with E-state index in [2.05, 4.69) is 20.4 Å². The fourth-order valence-corrected chi connectivity index (χ4v) is 2.73. The van der Waals surface area contributed by atoms with Gasteiger partial charge in [-0.05, 0) is 37.6 Å². The van der Waals surface area contributed by atoms with Crippen LogP contribution in [0.3, 0.4) is 0 Å². The van der Waals surface area contributed by atoms with Crippen LogP contribution >= 0.6 is 24.0 Å². The van der Waals surface area contributed by atoms with E-state index < -0.39 is 6.61 Å².